The number of aliphatic hydroxyl groups is 1. The van der Waals surface area contributed by atoms with Crippen LogP contribution in [0.15, 0.2) is 82.1 Å². The minimum atomic E-state index is -4.01. The molecule has 1 heterocycles. The Morgan fingerprint density at radius 1 is 1.06 bits per heavy atom. The van der Waals surface area contributed by atoms with Gasteiger partial charge in [0.25, 0.3) is 10.0 Å². The van der Waals surface area contributed by atoms with Gasteiger partial charge in [-0.05, 0) is 79.5 Å². The SMILES string of the molecule is COc1cc(C)c(S(=O)(=O)NC(N)=NCCC[C@H](NC(=O)[C@@H](N)Cc2ccc(-c3ccccc3)cc2)C(O)c2nccs2)c(C)c1C. The van der Waals surface area contributed by atoms with Crippen molar-refractivity contribution in [2.24, 2.45) is 16.5 Å². The summed E-state index contributed by atoms with van der Waals surface area (Å²) in [5, 5.41) is 16.1. The minimum absolute atomic E-state index is 0.117. The van der Waals surface area contributed by atoms with Crippen LogP contribution in [0.2, 0.25) is 0 Å². The fourth-order valence-corrected chi connectivity index (χ4v) is 7.51. The first-order valence-corrected chi connectivity index (χ1v) is 17.5. The number of nitrogens with two attached hydrogens (primary N) is 2. The Labute approximate surface area is 280 Å². The fraction of sp³-hybridized carbons (Fsp3) is 0.324. The lowest BCUT2D eigenvalue weighted by atomic mass is 10.00. The molecule has 0 aliphatic rings. The van der Waals surface area contributed by atoms with E-state index in [1.807, 2.05) is 54.6 Å². The second kappa shape index (κ2) is 16.0. The van der Waals surface area contributed by atoms with E-state index in [2.05, 4.69) is 20.0 Å². The molecule has 0 bridgehead atoms. The number of aryl methyl sites for hydroxylation is 1. The maximum absolute atomic E-state index is 13.2. The molecular formula is C34H42N6O5S2. The van der Waals surface area contributed by atoms with Gasteiger partial charge in [0.15, 0.2) is 0 Å². The Morgan fingerprint density at radius 3 is 2.38 bits per heavy atom. The number of benzene rings is 3. The third-order valence-corrected chi connectivity index (χ3v) is 10.4. The topological polar surface area (TPSA) is 182 Å². The molecule has 47 heavy (non-hydrogen) atoms. The second-order valence-corrected chi connectivity index (χ2v) is 13.8. The van der Waals surface area contributed by atoms with Crippen LogP contribution in [0.1, 0.15) is 46.2 Å². The molecule has 11 nitrogen and oxygen atoms in total. The first-order valence-electron chi connectivity index (χ1n) is 15.2. The smallest absolute Gasteiger partial charge is 0.264 e. The Kier molecular flexibility index (Phi) is 12.1. The van der Waals surface area contributed by atoms with Crippen LogP contribution in [0.3, 0.4) is 0 Å². The fourth-order valence-electron chi connectivity index (χ4n) is 5.34. The molecule has 13 heteroatoms. The normalized spacial score (nSPS) is 13.9. The van der Waals surface area contributed by atoms with Crippen molar-refractivity contribution in [1.82, 2.24) is 15.0 Å². The van der Waals surface area contributed by atoms with Gasteiger partial charge in [-0.15, -0.1) is 11.3 Å². The number of rotatable bonds is 14. The summed E-state index contributed by atoms with van der Waals surface area (Å²) >= 11 is 1.27. The Balaban J connectivity index is 1.37. The highest BCUT2D eigenvalue weighted by Crippen LogP contribution is 2.30. The number of aliphatic imine (C=N–C) groups is 1. The van der Waals surface area contributed by atoms with E-state index in [0.717, 1.165) is 16.7 Å². The molecule has 0 radical (unpaired) electrons. The first kappa shape index (κ1) is 35.6. The maximum atomic E-state index is 13.2. The summed E-state index contributed by atoms with van der Waals surface area (Å²) in [7, 11) is -2.48. The largest absolute Gasteiger partial charge is 0.496 e. The lowest BCUT2D eigenvalue weighted by molar-refractivity contribution is -0.124. The van der Waals surface area contributed by atoms with Crippen molar-refractivity contribution in [3.63, 3.8) is 0 Å². The third-order valence-electron chi connectivity index (χ3n) is 7.93. The van der Waals surface area contributed by atoms with E-state index in [0.29, 0.717) is 46.7 Å². The van der Waals surface area contributed by atoms with Gasteiger partial charge in [0.05, 0.1) is 24.1 Å². The number of carbonyl (C=O) groups is 1. The van der Waals surface area contributed by atoms with Gasteiger partial charge in [0.1, 0.15) is 16.9 Å². The van der Waals surface area contributed by atoms with Gasteiger partial charge in [-0.1, -0.05) is 54.6 Å². The standard InChI is InChI=1S/C34H42N6O5S2/c1-21-19-29(45-4)22(2)23(3)31(21)47(43,44)40-34(36)38-16-8-11-28(30(41)33-37-17-18-46-33)39-32(42)27(35)20-24-12-14-26(15-13-24)25-9-6-5-7-10-25/h5-7,9-10,12-15,17-19,27-28,30,41H,8,11,16,20,35H2,1-4H3,(H,39,42)(H3,36,38,40)/t27-,28-,30?/m0/s1. The van der Waals surface area contributed by atoms with Crippen LogP contribution >= 0.6 is 11.3 Å². The average Bonchev–Trinajstić information content (AvgIpc) is 3.59. The van der Waals surface area contributed by atoms with Gasteiger partial charge in [0, 0.05) is 18.1 Å². The number of thiazole rings is 1. The quantitative estimate of drug-likeness (QED) is 0.0756. The number of hydrogen-bond donors (Lipinski definition) is 5. The summed E-state index contributed by atoms with van der Waals surface area (Å²) in [5.74, 6) is -0.0757. The van der Waals surface area contributed by atoms with Crippen molar-refractivity contribution in [2.75, 3.05) is 13.7 Å². The molecule has 7 N–H and O–H groups in total. The van der Waals surface area contributed by atoms with E-state index in [1.165, 1.54) is 18.4 Å². The number of guanidine groups is 1. The summed E-state index contributed by atoms with van der Waals surface area (Å²) in [6, 6.07) is 18.0. The molecule has 0 aliphatic carbocycles. The van der Waals surface area contributed by atoms with Crippen LogP contribution in [0.25, 0.3) is 11.1 Å². The summed E-state index contributed by atoms with van der Waals surface area (Å²) < 4.78 is 34.1. The average molecular weight is 679 g/mol. The zero-order valence-corrected chi connectivity index (χ0v) is 28.6. The summed E-state index contributed by atoms with van der Waals surface area (Å²) in [6.45, 7) is 5.33. The molecule has 250 valence electrons. The van der Waals surface area contributed by atoms with Crippen LogP contribution in [0, 0.1) is 20.8 Å². The first-order chi connectivity index (χ1) is 22.4. The number of nitrogens with one attached hydrogen (secondary N) is 2. The van der Waals surface area contributed by atoms with Gasteiger partial charge in [-0.2, -0.15) is 0 Å². The second-order valence-electron chi connectivity index (χ2n) is 11.3. The molecule has 0 fully saturated rings. The van der Waals surface area contributed by atoms with Gasteiger partial charge in [-0.25, -0.2) is 18.1 Å². The van der Waals surface area contributed by atoms with Gasteiger partial charge in [0.2, 0.25) is 11.9 Å². The predicted octanol–water partition coefficient (Wildman–Crippen LogP) is 3.91. The number of aromatic nitrogens is 1. The number of sulfonamides is 1. The maximum Gasteiger partial charge on any atom is 0.264 e. The van der Waals surface area contributed by atoms with Crippen molar-refractivity contribution in [1.29, 1.82) is 0 Å². The zero-order valence-electron chi connectivity index (χ0n) is 26.9. The van der Waals surface area contributed by atoms with Crippen molar-refractivity contribution in [3.8, 4) is 16.9 Å². The van der Waals surface area contributed by atoms with Gasteiger partial charge >= 0.3 is 0 Å². The van der Waals surface area contributed by atoms with Crippen LogP contribution in [0.5, 0.6) is 5.75 Å². The number of nitrogens with zero attached hydrogens (tertiary/aromatic N) is 2. The summed E-state index contributed by atoms with van der Waals surface area (Å²) in [6.07, 6.45) is 1.52. The van der Waals surface area contributed by atoms with E-state index in [-0.39, 0.29) is 17.4 Å². The van der Waals surface area contributed by atoms with Gasteiger partial charge < -0.3 is 26.6 Å². The zero-order chi connectivity index (χ0) is 34.1. The monoisotopic (exact) mass is 678 g/mol. The van der Waals surface area contributed by atoms with Crippen LogP contribution < -0.4 is 26.2 Å². The van der Waals surface area contributed by atoms with Crippen molar-refractivity contribution < 1.29 is 23.1 Å². The van der Waals surface area contributed by atoms with Crippen LogP contribution in [-0.4, -0.2) is 56.1 Å². The van der Waals surface area contributed by atoms with E-state index in [4.69, 9.17) is 16.2 Å². The van der Waals surface area contributed by atoms with E-state index in [9.17, 15) is 18.3 Å². The van der Waals surface area contributed by atoms with Crippen molar-refractivity contribution >= 4 is 33.2 Å². The molecule has 3 aromatic carbocycles. The molecule has 1 unspecified atom stereocenters. The Hall–Kier alpha value is -4.30. The molecule has 4 aromatic rings. The van der Waals surface area contributed by atoms with Gasteiger partial charge in [-0.3, -0.25) is 9.79 Å². The minimum Gasteiger partial charge on any atom is -0.496 e. The highest BCUT2D eigenvalue weighted by molar-refractivity contribution is 7.90. The van der Waals surface area contributed by atoms with Crippen LogP contribution in [0.4, 0.5) is 0 Å². The third kappa shape index (κ3) is 9.16. The molecule has 0 saturated carbocycles. The van der Waals surface area contributed by atoms with Crippen molar-refractivity contribution in [3.05, 3.63) is 99.5 Å². The lowest BCUT2D eigenvalue weighted by Gasteiger charge is -2.24. The highest BCUT2D eigenvalue weighted by atomic mass is 32.2. The molecule has 1 aromatic heterocycles. The molecule has 4 rings (SSSR count). The molecular weight excluding hydrogens is 637 g/mol. The number of methoxy groups -OCH3 is 1. The summed E-state index contributed by atoms with van der Waals surface area (Å²) in [5.41, 5.74) is 17.1. The molecule has 0 spiro atoms. The van der Waals surface area contributed by atoms with E-state index in [1.54, 1.807) is 38.4 Å². The molecule has 1 amide bonds. The number of hydrogen-bond acceptors (Lipinski definition) is 9. The molecule has 0 aliphatic heterocycles. The molecule has 3 atom stereocenters. The summed E-state index contributed by atoms with van der Waals surface area (Å²) in [4.78, 5) is 21.7. The Morgan fingerprint density at radius 2 is 1.74 bits per heavy atom. The van der Waals surface area contributed by atoms with Crippen LogP contribution in [-0.2, 0) is 21.2 Å². The van der Waals surface area contributed by atoms with Crippen molar-refractivity contribution in [2.45, 2.75) is 63.1 Å². The Bertz CT molecular complexity index is 1780. The number of carbonyl (C=O) groups excluding carboxylic acids is 1. The molecule has 0 saturated heterocycles. The number of amides is 1. The van der Waals surface area contributed by atoms with E-state index >= 15 is 0 Å². The van der Waals surface area contributed by atoms with E-state index < -0.39 is 34.1 Å². The lowest BCUT2D eigenvalue weighted by Crippen LogP contribution is -2.48. The highest BCUT2D eigenvalue weighted by Gasteiger charge is 2.27. The predicted molar refractivity (Wildman–Crippen MR) is 186 cm³/mol. The number of aliphatic hydroxyl groups excluding tert-OH is 1. The number of ether oxygens (including phenoxy) is 1.